The molecule has 3 N–H and O–H groups in total. The number of nitrogens with two attached hydrogens (primary N) is 1. The number of hydrogen-bond acceptors (Lipinski definition) is 2. The smallest absolute Gasteiger partial charge is 0.256 e. The average molecular weight is 333 g/mol. The van der Waals surface area contributed by atoms with Gasteiger partial charge in [0, 0.05) is 10.0 Å². The van der Waals surface area contributed by atoms with Crippen LogP contribution in [0.4, 0.5) is 11.4 Å². The van der Waals surface area contributed by atoms with E-state index in [-0.39, 0.29) is 5.91 Å². The van der Waals surface area contributed by atoms with Crippen LogP contribution in [-0.4, -0.2) is 5.91 Å². The Balaban J connectivity index is 2.35. The monoisotopic (exact) mass is 332 g/mol. The zero-order valence-corrected chi connectivity index (χ0v) is 13.3. The van der Waals surface area contributed by atoms with Crippen molar-refractivity contribution in [3.8, 4) is 0 Å². The summed E-state index contributed by atoms with van der Waals surface area (Å²) in [6.45, 7) is 5.84. The summed E-state index contributed by atoms with van der Waals surface area (Å²) < 4.78 is 0.786. The molecule has 0 aromatic heterocycles. The third-order valence-corrected chi connectivity index (χ3v) is 3.77. The molecule has 0 unspecified atom stereocenters. The van der Waals surface area contributed by atoms with Gasteiger partial charge in [-0.05, 0) is 66.0 Å². The Morgan fingerprint density at radius 2 is 1.80 bits per heavy atom. The number of nitrogens with one attached hydrogen (secondary N) is 1. The zero-order chi connectivity index (χ0) is 14.9. The first-order chi connectivity index (χ1) is 9.38. The van der Waals surface area contributed by atoms with Crippen LogP contribution in [0.5, 0.6) is 0 Å². The van der Waals surface area contributed by atoms with Gasteiger partial charge in [0.05, 0.1) is 11.4 Å². The van der Waals surface area contributed by atoms with Crippen molar-refractivity contribution < 1.29 is 4.79 Å². The number of benzene rings is 2. The fourth-order valence-electron chi connectivity index (χ4n) is 2.06. The van der Waals surface area contributed by atoms with E-state index in [1.54, 1.807) is 0 Å². The fourth-order valence-corrected chi connectivity index (χ4v) is 2.75. The van der Waals surface area contributed by atoms with Gasteiger partial charge in [-0.25, -0.2) is 0 Å². The molecule has 1 amide bonds. The van der Waals surface area contributed by atoms with Gasteiger partial charge >= 0.3 is 0 Å². The number of carbonyl (C=O) groups is 1. The van der Waals surface area contributed by atoms with Crippen molar-refractivity contribution in [1.82, 2.24) is 0 Å². The second-order valence-corrected chi connectivity index (χ2v) is 5.84. The molecule has 2 aromatic carbocycles. The van der Waals surface area contributed by atoms with E-state index in [0.717, 1.165) is 21.2 Å². The molecule has 2 rings (SSSR count). The second kappa shape index (κ2) is 5.67. The Labute approximate surface area is 127 Å². The maximum atomic E-state index is 12.4. The lowest BCUT2D eigenvalue weighted by atomic mass is 10.0. The molecule has 3 nitrogen and oxygen atoms in total. The molecule has 0 radical (unpaired) electrons. The van der Waals surface area contributed by atoms with Crippen molar-refractivity contribution in [3.05, 3.63) is 57.1 Å². The lowest BCUT2D eigenvalue weighted by molar-refractivity contribution is 0.102. The third-order valence-electron chi connectivity index (χ3n) is 3.14. The zero-order valence-electron chi connectivity index (χ0n) is 11.8. The normalized spacial score (nSPS) is 10.4. The summed E-state index contributed by atoms with van der Waals surface area (Å²) in [7, 11) is 0. The van der Waals surface area contributed by atoms with Crippen LogP contribution in [0.1, 0.15) is 27.0 Å². The number of nitrogen functional groups attached to an aromatic ring is 1. The van der Waals surface area contributed by atoms with E-state index >= 15 is 0 Å². The van der Waals surface area contributed by atoms with Gasteiger partial charge in [0.1, 0.15) is 0 Å². The van der Waals surface area contributed by atoms with Crippen molar-refractivity contribution in [2.45, 2.75) is 20.8 Å². The number of halogens is 1. The van der Waals surface area contributed by atoms with Gasteiger partial charge in [-0.1, -0.05) is 17.7 Å². The number of hydrogen-bond donors (Lipinski definition) is 2. The van der Waals surface area contributed by atoms with E-state index in [1.165, 1.54) is 0 Å². The standard InChI is InChI=1S/C16H17BrN2O/c1-9-4-5-11(3)12(6-9)16(20)19-15-13(17)7-10(2)8-14(15)18/h4-8H,18H2,1-3H3,(H,19,20). The van der Waals surface area contributed by atoms with E-state index in [9.17, 15) is 4.79 Å². The molecule has 0 heterocycles. The highest BCUT2D eigenvalue weighted by atomic mass is 79.9. The predicted octanol–water partition coefficient (Wildman–Crippen LogP) is 4.21. The molecule has 20 heavy (non-hydrogen) atoms. The first kappa shape index (κ1) is 14.6. The first-order valence-electron chi connectivity index (χ1n) is 6.32. The fraction of sp³-hybridized carbons (Fsp3) is 0.188. The summed E-state index contributed by atoms with van der Waals surface area (Å²) in [5.41, 5.74) is 10.8. The number of amides is 1. The van der Waals surface area contributed by atoms with Gasteiger partial charge < -0.3 is 11.1 Å². The summed E-state index contributed by atoms with van der Waals surface area (Å²) in [5.74, 6) is -0.151. The molecule has 0 fully saturated rings. The molecular weight excluding hydrogens is 316 g/mol. The SMILES string of the molecule is Cc1cc(N)c(NC(=O)c2cc(C)ccc2C)c(Br)c1. The molecule has 0 spiro atoms. The van der Waals surface area contributed by atoms with Gasteiger partial charge in [0.25, 0.3) is 5.91 Å². The average Bonchev–Trinajstić information content (AvgIpc) is 2.36. The number of anilines is 2. The van der Waals surface area contributed by atoms with Crippen LogP contribution >= 0.6 is 15.9 Å². The van der Waals surface area contributed by atoms with Gasteiger partial charge in [-0.2, -0.15) is 0 Å². The summed E-state index contributed by atoms with van der Waals surface area (Å²) >= 11 is 3.44. The molecule has 0 saturated heterocycles. The van der Waals surface area contributed by atoms with Gasteiger partial charge in [0.2, 0.25) is 0 Å². The minimum absolute atomic E-state index is 0.151. The lowest BCUT2D eigenvalue weighted by Gasteiger charge is -2.13. The second-order valence-electron chi connectivity index (χ2n) is 4.98. The lowest BCUT2D eigenvalue weighted by Crippen LogP contribution is -2.15. The van der Waals surface area contributed by atoms with Gasteiger partial charge in [-0.15, -0.1) is 0 Å². The summed E-state index contributed by atoms with van der Waals surface area (Å²) in [5, 5.41) is 2.88. The molecule has 0 bridgehead atoms. The predicted molar refractivity (Wildman–Crippen MR) is 87.2 cm³/mol. The third kappa shape index (κ3) is 3.02. The topological polar surface area (TPSA) is 55.1 Å². The van der Waals surface area contributed by atoms with Crippen LogP contribution in [0.15, 0.2) is 34.8 Å². The van der Waals surface area contributed by atoms with Crippen LogP contribution in [0.2, 0.25) is 0 Å². The van der Waals surface area contributed by atoms with Crippen molar-refractivity contribution in [2.75, 3.05) is 11.1 Å². The van der Waals surface area contributed by atoms with Crippen LogP contribution in [0, 0.1) is 20.8 Å². The van der Waals surface area contributed by atoms with E-state index in [0.29, 0.717) is 16.9 Å². The molecule has 104 valence electrons. The van der Waals surface area contributed by atoms with E-state index in [1.807, 2.05) is 51.1 Å². The molecule has 0 saturated carbocycles. The van der Waals surface area contributed by atoms with Crippen LogP contribution in [-0.2, 0) is 0 Å². The quantitative estimate of drug-likeness (QED) is 0.809. The Morgan fingerprint density at radius 1 is 1.10 bits per heavy atom. The minimum Gasteiger partial charge on any atom is -0.397 e. The Kier molecular flexibility index (Phi) is 4.14. The summed E-state index contributed by atoms with van der Waals surface area (Å²) in [6.07, 6.45) is 0. The maximum Gasteiger partial charge on any atom is 0.256 e. The summed E-state index contributed by atoms with van der Waals surface area (Å²) in [4.78, 5) is 12.4. The largest absolute Gasteiger partial charge is 0.397 e. The molecule has 4 heteroatoms. The van der Waals surface area contributed by atoms with E-state index in [2.05, 4.69) is 21.2 Å². The summed E-state index contributed by atoms with van der Waals surface area (Å²) in [6, 6.07) is 9.57. The molecule has 0 aliphatic carbocycles. The highest BCUT2D eigenvalue weighted by molar-refractivity contribution is 9.10. The molecule has 0 aliphatic rings. The Bertz CT molecular complexity index is 657. The molecule has 0 atom stereocenters. The number of rotatable bonds is 2. The van der Waals surface area contributed by atoms with Crippen LogP contribution in [0.25, 0.3) is 0 Å². The first-order valence-corrected chi connectivity index (χ1v) is 7.12. The van der Waals surface area contributed by atoms with Crippen molar-refractivity contribution in [3.63, 3.8) is 0 Å². The Morgan fingerprint density at radius 3 is 2.45 bits per heavy atom. The Hall–Kier alpha value is -1.81. The molecule has 2 aromatic rings. The minimum atomic E-state index is -0.151. The molecular formula is C16H17BrN2O. The van der Waals surface area contributed by atoms with Crippen LogP contribution < -0.4 is 11.1 Å². The number of aryl methyl sites for hydroxylation is 3. The highest BCUT2D eigenvalue weighted by Gasteiger charge is 2.13. The van der Waals surface area contributed by atoms with Crippen molar-refractivity contribution in [2.24, 2.45) is 0 Å². The van der Waals surface area contributed by atoms with Crippen molar-refractivity contribution in [1.29, 1.82) is 0 Å². The van der Waals surface area contributed by atoms with E-state index < -0.39 is 0 Å². The van der Waals surface area contributed by atoms with Gasteiger partial charge in [-0.3, -0.25) is 4.79 Å². The maximum absolute atomic E-state index is 12.4. The van der Waals surface area contributed by atoms with Crippen molar-refractivity contribution >= 4 is 33.2 Å². The van der Waals surface area contributed by atoms with Gasteiger partial charge in [0.15, 0.2) is 0 Å². The number of carbonyl (C=O) groups excluding carboxylic acids is 1. The van der Waals surface area contributed by atoms with Crippen LogP contribution in [0.3, 0.4) is 0 Å². The highest BCUT2D eigenvalue weighted by Crippen LogP contribution is 2.30. The molecule has 0 aliphatic heterocycles. The van der Waals surface area contributed by atoms with E-state index in [4.69, 9.17) is 5.73 Å².